The summed E-state index contributed by atoms with van der Waals surface area (Å²) in [6, 6.07) is 0.872. The normalized spacial score (nSPS) is 12.5. The Morgan fingerprint density at radius 2 is 0.847 bits per heavy atom. The lowest BCUT2D eigenvalue weighted by atomic mass is 10.0. The first-order valence-corrected chi connectivity index (χ1v) is 28.0. The lowest BCUT2D eigenvalue weighted by Gasteiger charge is -2.31. The molecule has 9 nitrogen and oxygen atoms in total. The molecule has 1 N–H and O–H groups in total. The Labute approximate surface area is 371 Å². The first kappa shape index (κ1) is 58.9. The predicted octanol–water partition coefficient (Wildman–Crippen LogP) is 12.9. The van der Waals surface area contributed by atoms with Crippen LogP contribution in [0.15, 0.2) is 0 Å². The van der Waals surface area contributed by atoms with Crippen molar-refractivity contribution in [1.82, 2.24) is 5.32 Å². The lowest BCUT2D eigenvalue weighted by Crippen LogP contribution is -2.50. The van der Waals surface area contributed by atoms with Crippen molar-refractivity contribution in [3.63, 3.8) is 0 Å². The molecule has 0 bridgehead atoms. The Balaban J connectivity index is 5.02. The van der Waals surface area contributed by atoms with Crippen molar-refractivity contribution in [2.24, 2.45) is 0 Å². The molecule has 0 rings (SSSR count). The second kappa shape index (κ2) is 48.9. The number of likely N-dealkylation sites (N-methyl/N-ethyl adjacent to an activating group) is 1. The molecule has 0 heterocycles. The Bertz CT molecular complexity index is 810. The van der Waals surface area contributed by atoms with Crippen LogP contribution in [-0.4, -0.2) is 105 Å². The highest BCUT2D eigenvalue weighted by Gasteiger charge is 2.41. The highest BCUT2D eigenvalue weighted by Crippen LogP contribution is 2.23. The number of ether oxygens (including phenoxy) is 4. The Hall–Kier alpha value is -0.0831. The fourth-order valence-electron chi connectivity index (χ4n) is 6.89. The molecule has 0 aromatic heterocycles. The molecule has 0 radical (unpaired) electrons. The monoisotopic (exact) mass is 878 g/mol. The summed E-state index contributed by atoms with van der Waals surface area (Å²) < 4.78 is 43.1. The van der Waals surface area contributed by atoms with Crippen LogP contribution >= 0.6 is 11.8 Å². The van der Waals surface area contributed by atoms with Gasteiger partial charge in [-0.25, -0.2) is 0 Å². The Morgan fingerprint density at radius 3 is 1.29 bits per heavy atom. The zero-order valence-corrected chi connectivity index (χ0v) is 41.6. The molecule has 0 amide bonds. The molecule has 1 atom stereocenters. The van der Waals surface area contributed by atoms with Crippen LogP contribution in [0.2, 0.25) is 6.04 Å². The summed E-state index contributed by atoms with van der Waals surface area (Å²) in [6.07, 6.45) is 34.7. The molecule has 0 aliphatic rings. The van der Waals surface area contributed by atoms with Crippen LogP contribution in [-0.2, 0) is 37.0 Å². The molecule has 354 valence electrons. The molecule has 1 unspecified atom stereocenters. The first-order valence-electron chi connectivity index (χ1n) is 25.1. The first-order chi connectivity index (χ1) is 29.1. The number of carbonyl (C=O) groups is 1. The van der Waals surface area contributed by atoms with Gasteiger partial charge in [0.15, 0.2) is 5.12 Å². The number of unbranched alkanes of at least 4 members (excludes halogenated alkanes) is 21. The van der Waals surface area contributed by atoms with Gasteiger partial charge in [-0.3, -0.25) is 4.79 Å². The van der Waals surface area contributed by atoms with E-state index < -0.39 is 8.80 Å². The van der Waals surface area contributed by atoms with Gasteiger partial charge in [0, 0.05) is 37.5 Å². The van der Waals surface area contributed by atoms with Crippen LogP contribution in [0, 0.1) is 0 Å². The summed E-state index contributed by atoms with van der Waals surface area (Å²) in [6.45, 7) is 14.8. The highest BCUT2D eigenvalue weighted by molar-refractivity contribution is 8.13. The van der Waals surface area contributed by atoms with E-state index >= 15 is 0 Å². The minimum atomic E-state index is -3.14. The van der Waals surface area contributed by atoms with E-state index in [1.807, 2.05) is 7.05 Å². The molecule has 0 aliphatic heterocycles. The van der Waals surface area contributed by atoms with Crippen molar-refractivity contribution in [1.29, 1.82) is 0 Å². The van der Waals surface area contributed by atoms with E-state index in [0.717, 1.165) is 70.3 Å². The van der Waals surface area contributed by atoms with E-state index in [1.165, 1.54) is 134 Å². The van der Waals surface area contributed by atoms with Crippen LogP contribution in [0.3, 0.4) is 0 Å². The topological polar surface area (TPSA) is 93.7 Å². The van der Waals surface area contributed by atoms with E-state index in [4.69, 9.17) is 32.2 Å². The fourth-order valence-corrected chi connectivity index (χ4v) is 10.5. The van der Waals surface area contributed by atoms with Gasteiger partial charge < -0.3 is 37.5 Å². The summed E-state index contributed by atoms with van der Waals surface area (Å²) in [5.74, 6) is 0.741. The number of rotatable bonds is 51. The van der Waals surface area contributed by atoms with Crippen LogP contribution in [0.1, 0.15) is 207 Å². The largest absolute Gasteiger partial charge is 0.501 e. The van der Waals surface area contributed by atoms with Gasteiger partial charge in [0.2, 0.25) is 0 Å². The van der Waals surface area contributed by atoms with E-state index in [9.17, 15) is 4.79 Å². The second-order valence-electron chi connectivity index (χ2n) is 16.4. The van der Waals surface area contributed by atoms with Gasteiger partial charge in [-0.1, -0.05) is 181 Å². The van der Waals surface area contributed by atoms with Crippen molar-refractivity contribution in [2.75, 3.05) is 85.5 Å². The number of thioether (sulfide) groups is 1. The fraction of sp³-hybridized carbons (Fsp3) is 0.979. The zero-order chi connectivity index (χ0) is 43.0. The summed E-state index contributed by atoms with van der Waals surface area (Å²) >= 11 is 1.45. The number of hydrogen-bond donors (Lipinski definition) is 1. The third-order valence-corrected chi connectivity index (χ3v) is 14.7. The zero-order valence-electron chi connectivity index (χ0n) is 39.7. The lowest BCUT2D eigenvalue weighted by molar-refractivity contribution is -0.111. The summed E-state index contributed by atoms with van der Waals surface area (Å²) in [5, 5.41) is 3.80. The highest BCUT2D eigenvalue weighted by atomic mass is 32.2. The molecule has 11 heteroatoms. The minimum absolute atomic E-state index is 0.220. The van der Waals surface area contributed by atoms with E-state index in [2.05, 4.69) is 33.0 Å². The third kappa shape index (κ3) is 43.0. The molecule has 0 spiro atoms. The minimum Gasteiger partial charge on any atom is -0.379 e. The number of hydrogen-bond acceptors (Lipinski definition) is 10. The standard InChI is InChI=1S/C48H99NO8SSi/c1-6-10-14-16-17-18-19-20-21-22-23-24-25-26-28-29-32-47(49-5)46-57-59(55-42-40-53-38-36-51-34-12-8-3,56-43-41-54-39-37-52-35-13-9-4)45-31-44-58-48(50)33-30-27-15-11-7-2/h47,49H,6-46H2,1-5H3. The molecule has 0 aliphatic carbocycles. The predicted molar refractivity (Wildman–Crippen MR) is 254 cm³/mol. The molecule has 0 aromatic rings. The van der Waals surface area contributed by atoms with Crippen LogP contribution in [0.5, 0.6) is 0 Å². The van der Waals surface area contributed by atoms with Crippen molar-refractivity contribution >= 4 is 25.7 Å². The molecule has 59 heavy (non-hydrogen) atoms. The maximum Gasteiger partial charge on any atom is 0.501 e. The van der Waals surface area contributed by atoms with Crippen LogP contribution in [0.25, 0.3) is 0 Å². The smallest absolute Gasteiger partial charge is 0.379 e. The van der Waals surface area contributed by atoms with Crippen molar-refractivity contribution in [3.8, 4) is 0 Å². The third-order valence-electron chi connectivity index (χ3n) is 10.8. The maximum absolute atomic E-state index is 12.7. The molecular formula is C48H99NO8SSi. The van der Waals surface area contributed by atoms with Crippen molar-refractivity contribution in [2.45, 2.75) is 220 Å². The van der Waals surface area contributed by atoms with Gasteiger partial charge in [-0.15, -0.1) is 0 Å². The van der Waals surface area contributed by atoms with Gasteiger partial charge in [0.25, 0.3) is 0 Å². The Morgan fingerprint density at radius 1 is 0.458 bits per heavy atom. The molecule has 0 fully saturated rings. The average Bonchev–Trinajstić information content (AvgIpc) is 3.24. The average molecular weight is 878 g/mol. The van der Waals surface area contributed by atoms with Gasteiger partial charge in [0.1, 0.15) is 0 Å². The van der Waals surface area contributed by atoms with Crippen molar-refractivity contribution in [3.05, 3.63) is 0 Å². The second-order valence-corrected chi connectivity index (χ2v) is 20.3. The molecule has 0 saturated carbocycles. The quantitative estimate of drug-likeness (QED) is 0.0470. The van der Waals surface area contributed by atoms with Gasteiger partial charge >= 0.3 is 8.80 Å². The summed E-state index contributed by atoms with van der Waals surface area (Å²) in [4.78, 5) is 12.7. The van der Waals surface area contributed by atoms with Gasteiger partial charge in [-0.05, 0) is 39.2 Å². The summed E-state index contributed by atoms with van der Waals surface area (Å²) in [7, 11) is -1.11. The SMILES string of the molecule is CCCCCCCCCCCCCCCCCCC(CO[Si](CCCSC(=O)CCCCCCC)(OCCOCCOCCCC)OCCOCCOCCCC)NC. The van der Waals surface area contributed by atoms with E-state index in [1.54, 1.807) is 0 Å². The van der Waals surface area contributed by atoms with E-state index in [0.29, 0.717) is 71.9 Å². The molecule has 0 saturated heterocycles. The maximum atomic E-state index is 12.7. The number of carbonyl (C=O) groups excluding carboxylic acids is 1. The number of nitrogens with one attached hydrogen (secondary N) is 1. The Kier molecular flexibility index (Phi) is 48.9. The van der Waals surface area contributed by atoms with Gasteiger partial charge in [0.05, 0.1) is 59.5 Å². The van der Waals surface area contributed by atoms with E-state index in [-0.39, 0.29) is 11.2 Å². The molecule has 0 aromatic carbocycles. The summed E-state index contributed by atoms with van der Waals surface area (Å²) in [5.41, 5.74) is 0. The van der Waals surface area contributed by atoms with Crippen LogP contribution < -0.4 is 5.32 Å². The molecular weight excluding hydrogens is 779 g/mol. The van der Waals surface area contributed by atoms with Crippen LogP contribution in [0.4, 0.5) is 0 Å². The van der Waals surface area contributed by atoms with Gasteiger partial charge in [-0.2, -0.15) is 0 Å². The van der Waals surface area contributed by atoms with Crippen molar-refractivity contribution < 1.29 is 37.0 Å².